The molecule has 1 heterocycles. The number of aryl methyl sites for hydroxylation is 2. The van der Waals surface area contributed by atoms with Gasteiger partial charge in [-0.15, -0.1) is 0 Å². The lowest BCUT2D eigenvalue weighted by Gasteiger charge is -2.09. The molecule has 0 aliphatic heterocycles. The molecule has 0 unspecified atom stereocenters. The molecule has 1 amide bonds. The number of nitrogens with zero attached hydrogens (tertiary/aromatic N) is 1. The van der Waals surface area contributed by atoms with Crippen molar-refractivity contribution in [1.82, 2.24) is 4.98 Å². The summed E-state index contributed by atoms with van der Waals surface area (Å²) in [6, 6.07) is 16.9. The number of rotatable bonds is 5. The summed E-state index contributed by atoms with van der Waals surface area (Å²) in [7, 11) is 1.60. The summed E-state index contributed by atoms with van der Waals surface area (Å²) in [5.41, 5.74) is 5.33. The number of methoxy groups -OCH3 is 1. The first kappa shape index (κ1) is 17.5. The maximum Gasteiger partial charge on any atom is 0.274 e. The van der Waals surface area contributed by atoms with E-state index in [-0.39, 0.29) is 5.91 Å². The Morgan fingerprint density at radius 2 is 1.58 bits per heavy atom. The lowest BCUT2D eigenvalue weighted by Crippen LogP contribution is -2.13. The summed E-state index contributed by atoms with van der Waals surface area (Å²) in [6.07, 6.45) is 1.65. The van der Waals surface area contributed by atoms with Crippen LogP contribution in [0.15, 0.2) is 60.8 Å². The number of hydrogen-bond acceptors (Lipinski definition) is 4. The Morgan fingerprint density at radius 1 is 0.885 bits per heavy atom. The van der Waals surface area contributed by atoms with Gasteiger partial charge < -0.3 is 15.4 Å². The monoisotopic (exact) mass is 347 g/mol. The number of nitrogens with one attached hydrogen (secondary N) is 2. The van der Waals surface area contributed by atoms with E-state index in [1.54, 1.807) is 43.6 Å². The molecular formula is C21H21N3O2. The number of amides is 1. The Balaban J connectivity index is 1.66. The van der Waals surface area contributed by atoms with Crippen molar-refractivity contribution >= 4 is 23.0 Å². The molecule has 0 fully saturated rings. The van der Waals surface area contributed by atoms with Crippen LogP contribution in [-0.2, 0) is 0 Å². The largest absolute Gasteiger partial charge is 0.497 e. The fourth-order valence-corrected chi connectivity index (χ4v) is 2.46. The summed E-state index contributed by atoms with van der Waals surface area (Å²) in [4.78, 5) is 16.5. The van der Waals surface area contributed by atoms with Crippen LogP contribution in [0.2, 0.25) is 0 Å². The summed E-state index contributed by atoms with van der Waals surface area (Å²) in [5.74, 6) is 0.482. The summed E-state index contributed by atoms with van der Waals surface area (Å²) in [6.45, 7) is 4.16. The molecule has 0 aliphatic rings. The van der Waals surface area contributed by atoms with E-state index in [0.29, 0.717) is 11.4 Å². The number of hydrogen-bond donors (Lipinski definition) is 2. The zero-order valence-corrected chi connectivity index (χ0v) is 15.0. The molecule has 2 N–H and O–H groups in total. The van der Waals surface area contributed by atoms with Crippen molar-refractivity contribution in [3.63, 3.8) is 0 Å². The van der Waals surface area contributed by atoms with Gasteiger partial charge in [-0.25, -0.2) is 4.98 Å². The summed E-state index contributed by atoms with van der Waals surface area (Å²) < 4.78 is 5.10. The number of carbonyl (C=O) groups excluding carboxylic acids is 1. The molecule has 3 aromatic rings. The van der Waals surface area contributed by atoms with Crippen LogP contribution in [-0.4, -0.2) is 18.0 Å². The highest BCUT2D eigenvalue weighted by molar-refractivity contribution is 6.03. The maximum absolute atomic E-state index is 12.3. The van der Waals surface area contributed by atoms with Crippen LogP contribution in [0.25, 0.3) is 0 Å². The lowest BCUT2D eigenvalue weighted by molar-refractivity contribution is 0.102. The highest BCUT2D eigenvalue weighted by Gasteiger charge is 2.08. The van der Waals surface area contributed by atoms with Gasteiger partial charge in [0.25, 0.3) is 5.91 Å². The van der Waals surface area contributed by atoms with Crippen molar-refractivity contribution in [2.24, 2.45) is 0 Å². The third kappa shape index (κ3) is 4.19. The van der Waals surface area contributed by atoms with Gasteiger partial charge >= 0.3 is 0 Å². The van der Waals surface area contributed by atoms with Gasteiger partial charge in [0.15, 0.2) is 0 Å². The molecule has 0 bridgehead atoms. The first-order valence-electron chi connectivity index (χ1n) is 8.31. The van der Waals surface area contributed by atoms with Gasteiger partial charge in [-0.3, -0.25) is 4.79 Å². The summed E-state index contributed by atoms with van der Waals surface area (Å²) in [5, 5.41) is 6.11. The normalized spacial score (nSPS) is 10.3. The van der Waals surface area contributed by atoms with E-state index in [9.17, 15) is 4.79 Å². The molecule has 26 heavy (non-hydrogen) atoms. The quantitative estimate of drug-likeness (QED) is 0.702. The number of benzene rings is 2. The van der Waals surface area contributed by atoms with Crippen LogP contribution in [0, 0.1) is 13.8 Å². The summed E-state index contributed by atoms with van der Waals surface area (Å²) >= 11 is 0. The molecule has 0 radical (unpaired) electrons. The maximum atomic E-state index is 12.3. The van der Waals surface area contributed by atoms with Gasteiger partial charge in [-0.05, 0) is 73.5 Å². The van der Waals surface area contributed by atoms with Gasteiger partial charge in [0.05, 0.1) is 19.0 Å². The lowest BCUT2D eigenvalue weighted by atomic mass is 10.1. The molecule has 0 saturated heterocycles. The molecular weight excluding hydrogens is 326 g/mol. The molecule has 0 saturated carbocycles. The Labute approximate surface area is 153 Å². The minimum Gasteiger partial charge on any atom is -0.497 e. The van der Waals surface area contributed by atoms with Gasteiger partial charge in [0.1, 0.15) is 11.4 Å². The minimum atomic E-state index is -0.257. The van der Waals surface area contributed by atoms with E-state index in [1.807, 2.05) is 12.1 Å². The average molecular weight is 347 g/mol. The van der Waals surface area contributed by atoms with E-state index in [4.69, 9.17) is 4.74 Å². The predicted molar refractivity (Wildman–Crippen MR) is 104 cm³/mol. The van der Waals surface area contributed by atoms with Gasteiger partial charge in [0, 0.05) is 11.4 Å². The first-order valence-corrected chi connectivity index (χ1v) is 8.31. The van der Waals surface area contributed by atoms with Crippen LogP contribution in [0.3, 0.4) is 0 Å². The Hall–Kier alpha value is -3.34. The van der Waals surface area contributed by atoms with E-state index < -0.39 is 0 Å². The molecule has 5 nitrogen and oxygen atoms in total. The Morgan fingerprint density at radius 3 is 2.19 bits per heavy atom. The molecule has 3 rings (SSSR count). The molecule has 0 spiro atoms. The second-order valence-corrected chi connectivity index (χ2v) is 6.04. The smallest absolute Gasteiger partial charge is 0.274 e. The Bertz CT molecular complexity index is 904. The van der Waals surface area contributed by atoms with Crippen LogP contribution < -0.4 is 15.4 Å². The first-order chi connectivity index (χ1) is 12.5. The second-order valence-electron chi connectivity index (χ2n) is 6.04. The fourth-order valence-electron chi connectivity index (χ4n) is 2.46. The molecule has 2 aromatic carbocycles. The zero-order valence-electron chi connectivity index (χ0n) is 15.0. The third-order valence-electron chi connectivity index (χ3n) is 4.14. The van der Waals surface area contributed by atoms with Crippen molar-refractivity contribution in [2.75, 3.05) is 17.7 Å². The average Bonchev–Trinajstić information content (AvgIpc) is 2.66. The fraction of sp³-hybridized carbons (Fsp3) is 0.143. The SMILES string of the molecule is COc1ccc(NC(=O)c2ccc(Nc3ccc(C)c(C)c3)cn2)cc1. The minimum absolute atomic E-state index is 0.257. The van der Waals surface area contributed by atoms with E-state index >= 15 is 0 Å². The van der Waals surface area contributed by atoms with Gasteiger partial charge in [-0.2, -0.15) is 0 Å². The number of ether oxygens (including phenoxy) is 1. The van der Waals surface area contributed by atoms with Gasteiger partial charge in [0.2, 0.25) is 0 Å². The predicted octanol–water partition coefficient (Wildman–Crippen LogP) is 4.70. The highest BCUT2D eigenvalue weighted by Crippen LogP contribution is 2.20. The molecule has 132 valence electrons. The number of pyridine rings is 1. The Kier molecular flexibility index (Phi) is 5.17. The van der Waals surface area contributed by atoms with Crippen molar-refractivity contribution in [1.29, 1.82) is 0 Å². The zero-order chi connectivity index (χ0) is 18.5. The van der Waals surface area contributed by atoms with Crippen LogP contribution in [0.1, 0.15) is 21.6 Å². The van der Waals surface area contributed by atoms with Crippen LogP contribution >= 0.6 is 0 Å². The van der Waals surface area contributed by atoms with Crippen molar-refractivity contribution in [3.05, 3.63) is 77.6 Å². The van der Waals surface area contributed by atoms with Crippen molar-refractivity contribution in [2.45, 2.75) is 13.8 Å². The van der Waals surface area contributed by atoms with Crippen molar-refractivity contribution in [3.8, 4) is 5.75 Å². The molecule has 0 atom stereocenters. The molecule has 1 aromatic heterocycles. The number of anilines is 3. The van der Waals surface area contributed by atoms with Gasteiger partial charge in [-0.1, -0.05) is 6.07 Å². The molecule has 0 aliphatic carbocycles. The van der Waals surface area contributed by atoms with E-state index in [2.05, 4.69) is 41.6 Å². The topological polar surface area (TPSA) is 63.2 Å². The molecule has 5 heteroatoms. The third-order valence-corrected chi connectivity index (χ3v) is 4.14. The number of carbonyl (C=O) groups is 1. The van der Waals surface area contributed by atoms with E-state index in [0.717, 1.165) is 17.1 Å². The second kappa shape index (κ2) is 7.70. The number of aromatic nitrogens is 1. The van der Waals surface area contributed by atoms with Crippen LogP contribution in [0.5, 0.6) is 5.75 Å². The van der Waals surface area contributed by atoms with Crippen LogP contribution in [0.4, 0.5) is 17.1 Å². The van der Waals surface area contributed by atoms with E-state index in [1.165, 1.54) is 11.1 Å². The standard InChI is InChI=1S/C21H21N3O2/c1-14-4-5-17(12-15(14)2)23-18-8-11-20(22-13-18)21(25)24-16-6-9-19(26-3)10-7-16/h4-13,23H,1-3H3,(H,24,25). The highest BCUT2D eigenvalue weighted by atomic mass is 16.5. The van der Waals surface area contributed by atoms with Crippen molar-refractivity contribution < 1.29 is 9.53 Å².